The molecular formula is C19H23F2N3O4. The Balaban J connectivity index is 1.49. The molecule has 0 saturated carbocycles. The topological polar surface area (TPSA) is 87.7 Å². The molecular weight excluding hydrogens is 372 g/mol. The first-order chi connectivity index (χ1) is 13.3. The Morgan fingerprint density at radius 1 is 1.32 bits per heavy atom. The van der Waals surface area contributed by atoms with Crippen LogP contribution < -0.4 is 10.6 Å². The molecule has 28 heavy (non-hydrogen) atoms. The van der Waals surface area contributed by atoms with Crippen LogP contribution in [0.4, 0.5) is 8.78 Å². The smallest absolute Gasteiger partial charge is 0.337 e. The van der Waals surface area contributed by atoms with E-state index in [-0.39, 0.29) is 36.3 Å². The Kier molecular flexibility index (Phi) is 5.93. The largest absolute Gasteiger partial charge is 0.465 e. The summed E-state index contributed by atoms with van der Waals surface area (Å²) in [6, 6.07) is 5.70. The van der Waals surface area contributed by atoms with E-state index >= 15 is 0 Å². The van der Waals surface area contributed by atoms with Crippen molar-refractivity contribution >= 4 is 17.8 Å². The van der Waals surface area contributed by atoms with E-state index in [1.807, 2.05) is 0 Å². The molecule has 152 valence electrons. The first-order valence-electron chi connectivity index (χ1n) is 9.15. The van der Waals surface area contributed by atoms with Gasteiger partial charge in [0.1, 0.15) is 0 Å². The lowest BCUT2D eigenvalue weighted by Gasteiger charge is -2.20. The van der Waals surface area contributed by atoms with Crippen molar-refractivity contribution < 1.29 is 27.9 Å². The average Bonchev–Trinajstić information content (AvgIpc) is 3.31. The third-order valence-corrected chi connectivity index (χ3v) is 5.10. The van der Waals surface area contributed by atoms with Crippen molar-refractivity contribution in [3.8, 4) is 0 Å². The van der Waals surface area contributed by atoms with Crippen LogP contribution in [0.2, 0.25) is 0 Å². The first kappa shape index (κ1) is 20.2. The number of carbonyl (C=O) groups is 3. The maximum Gasteiger partial charge on any atom is 0.337 e. The summed E-state index contributed by atoms with van der Waals surface area (Å²) in [5.74, 6) is -3.95. The predicted octanol–water partition coefficient (Wildman–Crippen LogP) is 1.05. The molecule has 2 amide bonds. The number of amides is 2. The number of esters is 1. The maximum atomic E-state index is 13.3. The predicted molar refractivity (Wildman–Crippen MR) is 96.2 cm³/mol. The normalized spacial score (nSPS) is 23.5. The van der Waals surface area contributed by atoms with Crippen LogP contribution in [0.15, 0.2) is 24.3 Å². The molecule has 3 rings (SSSR count). The van der Waals surface area contributed by atoms with Gasteiger partial charge in [-0.05, 0) is 30.5 Å². The van der Waals surface area contributed by atoms with Gasteiger partial charge in [-0.15, -0.1) is 0 Å². The summed E-state index contributed by atoms with van der Waals surface area (Å²) in [6.45, 7) is 0.404. The lowest BCUT2D eigenvalue weighted by Crippen LogP contribution is -2.43. The van der Waals surface area contributed by atoms with Gasteiger partial charge in [-0.1, -0.05) is 6.07 Å². The van der Waals surface area contributed by atoms with Gasteiger partial charge in [0.15, 0.2) is 0 Å². The minimum atomic E-state index is -2.81. The molecule has 0 bridgehead atoms. The number of benzene rings is 1. The van der Waals surface area contributed by atoms with Crippen LogP contribution in [0.25, 0.3) is 0 Å². The monoisotopic (exact) mass is 395 g/mol. The van der Waals surface area contributed by atoms with Gasteiger partial charge in [-0.2, -0.15) is 0 Å². The summed E-state index contributed by atoms with van der Waals surface area (Å²) < 4.78 is 31.2. The Bertz CT molecular complexity index is 771. The van der Waals surface area contributed by atoms with Gasteiger partial charge >= 0.3 is 5.97 Å². The molecule has 2 atom stereocenters. The molecule has 2 saturated heterocycles. The van der Waals surface area contributed by atoms with Crippen LogP contribution in [0.5, 0.6) is 0 Å². The van der Waals surface area contributed by atoms with E-state index in [4.69, 9.17) is 0 Å². The van der Waals surface area contributed by atoms with Crippen molar-refractivity contribution in [3.05, 3.63) is 35.4 Å². The molecule has 0 radical (unpaired) electrons. The molecule has 2 aliphatic heterocycles. The SMILES string of the molecule is COC(=O)c1cccc(C(=O)NC[C@@H]2CN[C@H](C(=O)N3CCC(F)(F)C3)C2)c1. The number of halogens is 2. The fourth-order valence-electron chi connectivity index (χ4n) is 3.54. The lowest BCUT2D eigenvalue weighted by atomic mass is 10.0. The van der Waals surface area contributed by atoms with E-state index in [0.717, 1.165) is 0 Å². The number of likely N-dealkylation sites (tertiary alicyclic amines) is 1. The van der Waals surface area contributed by atoms with E-state index < -0.39 is 24.5 Å². The Hall–Kier alpha value is -2.55. The maximum absolute atomic E-state index is 13.3. The molecule has 9 heteroatoms. The Morgan fingerprint density at radius 3 is 2.75 bits per heavy atom. The number of hydrogen-bond donors (Lipinski definition) is 2. The van der Waals surface area contributed by atoms with Gasteiger partial charge < -0.3 is 20.3 Å². The minimum absolute atomic E-state index is 0.0183. The summed E-state index contributed by atoms with van der Waals surface area (Å²) in [5.41, 5.74) is 0.617. The van der Waals surface area contributed by atoms with E-state index in [2.05, 4.69) is 15.4 Å². The summed E-state index contributed by atoms with van der Waals surface area (Å²) in [5, 5.41) is 5.85. The highest BCUT2D eigenvalue weighted by atomic mass is 19.3. The van der Waals surface area contributed by atoms with E-state index in [1.165, 1.54) is 18.1 Å². The van der Waals surface area contributed by atoms with E-state index in [9.17, 15) is 23.2 Å². The van der Waals surface area contributed by atoms with Gasteiger partial charge in [0, 0.05) is 31.6 Å². The molecule has 2 heterocycles. The van der Waals surface area contributed by atoms with Crippen LogP contribution >= 0.6 is 0 Å². The number of rotatable bonds is 5. The van der Waals surface area contributed by atoms with Gasteiger partial charge in [-0.25, -0.2) is 13.6 Å². The van der Waals surface area contributed by atoms with Crippen molar-refractivity contribution in [3.63, 3.8) is 0 Å². The van der Waals surface area contributed by atoms with Gasteiger partial charge in [0.2, 0.25) is 5.91 Å². The highest BCUT2D eigenvalue weighted by Crippen LogP contribution is 2.28. The number of carbonyl (C=O) groups excluding carboxylic acids is 3. The third kappa shape index (κ3) is 4.64. The molecule has 7 nitrogen and oxygen atoms in total. The molecule has 1 aromatic rings. The zero-order valence-electron chi connectivity index (χ0n) is 15.5. The average molecular weight is 395 g/mol. The zero-order chi connectivity index (χ0) is 20.3. The second-order valence-corrected chi connectivity index (χ2v) is 7.21. The second-order valence-electron chi connectivity index (χ2n) is 7.21. The van der Waals surface area contributed by atoms with Crippen molar-refractivity contribution in [1.82, 2.24) is 15.5 Å². The van der Waals surface area contributed by atoms with Gasteiger partial charge in [0.05, 0.1) is 25.3 Å². The highest BCUT2D eigenvalue weighted by Gasteiger charge is 2.43. The molecule has 0 aliphatic carbocycles. The number of methoxy groups -OCH3 is 1. The quantitative estimate of drug-likeness (QED) is 0.728. The van der Waals surface area contributed by atoms with Crippen LogP contribution in [0.3, 0.4) is 0 Å². The fraction of sp³-hybridized carbons (Fsp3) is 0.526. The van der Waals surface area contributed by atoms with Crippen molar-refractivity contribution in [2.24, 2.45) is 5.92 Å². The second kappa shape index (κ2) is 8.22. The van der Waals surface area contributed by atoms with E-state index in [1.54, 1.807) is 18.2 Å². The highest BCUT2D eigenvalue weighted by molar-refractivity contribution is 5.97. The molecule has 2 aliphatic rings. The van der Waals surface area contributed by atoms with Gasteiger partial charge in [-0.3, -0.25) is 9.59 Å². The molecule has 0 spiro atoms. The standard InChI is InChI=1S/C19H23F2N3O4/c1-28-18(27)14-4-2-3-13(8-14)16(25)23-10-12-7-15(22-9-12)17(26)24-6-5-19(20,21)11-24/h2-4,8,12,15,22H,5-7,9-11H2,1H3,(H,23,25)/t12-,15-/m0/s1. The summed E-state index contributed by atoms with van der Waals surface area (Å²) in [4.78, 5) is 37.5. The summed E-state index contributed by atoms with van der Waals surface area (Å²) in [7, 11) is 1.27. The van der Waals surface area contributed by atoms with Crippen molar-refractivity contribution in [1.29, 1.82) is 0 Å². The Morgan fingerprint density at radius 2 is 2.07 bits per heavy atom. The lowest BCUT2D eigenvalue weighted by molar-refractivity contribution is -0.133. The molecule has 2 N–H and O–H groups in total. The summed E-state index contributed by atoms with van der Waals surface area (Å²) >= 11 is 0. The number of nitrogens with zero attached hydrogens (tertiary/aromatic N) is 1. The molecule has 0 unspecified atom stereocenters. The minimum Gasteiger partial charge on any atom is -0.465 e. The number of nitrogens with one attached hydrogen (secondary N) is 2. The van der Waals surface area contributed by atoms with Crippen LogP contribution in [0, 0.1) is 5.92 Å². The first-order valence-corrected chi connectivity index (χ1v) is 9.15. The Labute approximate surface area is 161 Å². The van der Waals surface area contributed by atoms with Crippen molar-refractivity contribution in [2.75, 3.05) is 33.3 Å². The molecule has 1 aromatic carbocycles. The fourth-order valence-corrected chi connectivity index (χ4v) is 3.54. The molecule has 0 aromatic heterocycles. The van der Waals surface area contributed by atoms with Gasteiger partial charge in [0.25, 0.3) is 11.8 Å². The molecule has 2 fully saturated rings. The third-order valence-electron chi connectivity index (χ3n) is 5.10. The zero-order valence-corrected chi connectivity index (χ0v) is 15.5. The van der Waals surface area contributed by atoms with E-state index in [0.29, 0.717) is 25.1 Å². The van der Waals surface area contributed by atoms with Crippen LogP contribution in [0.1, 0.15) is 33.6 Å². The van der Waals surface area contributed by atoms with Crippen LogP contribution in [-0.4, -0.2) is 67.9 Å². The number of ether oxygens (including phenoxy) is 1. The number of alkyl halides is 2. The number of hydrogen-bond acceptors (Lipinski definition) is 5. The van der Waals surface area contributed by atoms with Crippen LogP contribution in [-0.2, 0) is 9.53 Å². The van der Waals surface area contributed by atoms with Crippen molar-refractivity contribution in [2.45, 2.75) is 24.8 Å². The summed E-state index contributed by atoms with van der Waals surface area (Å²) in [6.07, 6.45) is 0.180.